The number of hydrogen-bond donors (Lipinski definition) is 2. The molecule has 0 bridgehead atoms. The fourth-order valence-electron chi connectivity index (χ4n) is 10.1. The van der Waals surface area contributed by atoms with Crippen LogP contribution in [0.2, 0.25) is 0 Å². The number of H-pyrrole nitrogens is 2. The highest BCUT2D eigenvalue weighted by molar-refractivity contribution is 7.99. The number of morpholine rings is 2. The Kier molecular flexibility index (Phi) is 13.4. The molecule has 0 unspecified atom stereocenters. The highest BCUT2D eigenvalue weighted by Crippen LogP contribution is 2.39. The number of sulfone groups is 1. The van der Waals surface area contributed by atoms with Crippen LogP contribution in [0.1, 0.15) is 23.7 Å². The summed E-state index contributed by atoms with van der Waals surface area (Å²) in [6, 6.07) is 20.8. The van der Waals surface area contributed by atoms with Crippen LogP contribution in [0, 0.1) is 6.92 Å². The predicted molar refractivity (Wildman–Crippen MR) is 293 cm³/mol. The lowest BCUT2D eigenvalue weighted by atomic mass is 10.1. The molecule has 3 saturated heterocycles. The van der Waals surface area contributed by atoms with E-state index >= 15 is 0 Å². The normalized spacial score (nSPS) is 16.2. The predicted octanol–water partition coefficient (Wildman–Crippen LogP) is 8.24. The second-order valence-corrected chi connectivity index (χ2v) is 22.9. The number of aromatic nitrogens is 8. The van der Waals surface area contributed by atoms with Gasteiger partial charge in [0.05, 0.1) is 43.0 Å². The number of furan rings is 2. The Labute approximate surface area is 431 Å². The van der Waals surface area contributed by atoms with Crippen molar-refractivity contribution in [1.29, 1.82) is 0 Å². The molecule has 0 saturated carbocycles. The maximum Gasteiger partial charge on any atom is 0.229 e. The largest absolute Gasteiger partial charge is 0.432 e. The Morgan fingerprint density at radius 1 is 0.689 bits per heavy atom. The van der Waals surface area contributed by atoms with Gasteiger partial charge in [-0.3, -0.25) is 4.90 Å². The number of nitrogens with zero attached hydrogens (tertiary/aromatic N) is 10. The summed E-state index contributed by atoms with van der Waals surface area (Å²) in [5.41, 5.74) is 11.3. The molecular weight excluding hydrogens is 977 g/mol. The molecule has 0 spiro atoms. The van der Waals surface area contributed by atoms with E-state index in [4.69, 9.17) is 43.2 Å². The molecule has 0 amide bonds. The fourth-order valence-corrected chi connectivity index (χ4v) is 12.0. The SMILES string of the molecule is CCS(=O)(=O)CCN(C)Cc1cnc2oc3c(N4CCOCC4)nc(-c4cccc5[nH]ccc45)nc3c2c1.Cc1cc2c(-c3nc(N4CCOCC4)c4oc5ncc(CN6CCSCC6)cc5c4n3)cccc2[nH]1. The number of thioether (sulfide) groups is 1. The van der Waals surface area contributed by atoms with Crippen molar-refractivity contribution < 1.29 is 26.7 Å². The zero-order valence-corrected chi connectivity index (χ0v) is 43.4. The van der Waals surface area contributed by atoms with E-state index in [0.717, 1.165) is 105 Å². The van der Waals surface area contributed by atoms with Crippen LogP contribution in [0.25, 0.3) is 89.0 Å². The van der Waals surface area contributed by atoms with E-state index in [1.54, 1.807) is 13.1 Å². The van der Waals surface area contributed by atoms with Gasteiger partial charge in [-0.05, 0) is 61.5 Å². The maximum absolute atomic E-state index is 11.9. The van der Waals surface area contributed by atoms with Gasteiger partial charge in [0.25, 0.3) is 0 Å². The summed E-state index contributed by atoms with van der Waals surface area (Å²) >= 11 is 2.03. The number of aryl methyl sites for hydroxylation is 1. The molecule has 8 aromatic heterocycles. The number of anilines is 2. The molecule has 3 aliphatic rings. The molecule has 13 rings (SSSR count). The summed E-state index contributed by atoms with van der Waals surface area (Å²) in [6.07, 6.45) is 5.64. The topological polar surface area (TPSA) is 201 Å². The standard InChI is InChI=1S/C27H30N6O4S.C27H28N6O2S/c1-3-38(34,35)14-11-32(2)17-18-15-21-23-24(37-27(21)29-16-18)26(33-9-12-36-13-10-33)31-25(30-23)20-5-4-6-22-19(20)7-8-28-22;1-17-13-20-19(3-2-4-22(20)29-17)25-30-23-21-14-18(16-32-7-11-36-12-8-32)15-28-27(21)35-24(23)26(31-25)33-5-9-34-10-6-33/h4-8,15-16,28H,3,9-14,17H2,1-2H3;2-4,13-15,29H,5-12,16H2,1H3. The Balaban J connectivity index is 0.000000150. The summed E-state index contributed by atoms with van der Waals surface area (Å²) in [6.45, 7) is 13.4. The minimum absolute atomic E-state index is 0.133. The lowest BCUT2D eigenvalue weighted by Gasteiger charge is -2.27. The van der Waals surface area contributed by atoms with Crippen LogP contribution < -0.4 is 9.80 Å². The number of ether oxygens (including phenoxy) is 2. The molecule has 3 aliphatic heterocycles. The van der Waals surface area contributed by atoms with Crippen molar-refractivity contribution in [2.45, 2.75) is 26.9 Å². The van der Waals surface area contributed by atoms with E-state index in [1.807, 2.05) is 66.4 Å². The van der Waals surface area contributed by atoms with Gasteiger partial charge >= 0.3 is 0 Å². The molecule has 0 aliphatic carbocycles. The lowest BCUT2D eigenvalue weighted by molar-refractivity contribution is 0.122. The monoisotopic (exact) mass is 1030 g/mol. The second-order valence-electron chi connectivity index (χ2n) is 19.2. The third-order valence-electron chi connectivity index (χ3n) is 14.1. The van der Waals surface area contributed by atoms with Crippen molar-refractivity contribution in [2.24, 2.45) is 0 Å². The number of hydrogen-bond acceptors (Lipinski definition) is 17. The zero-order valence-electron chi connectivity index (χ0n) is 41.8. The lowest BCUT2D eigenvalue weighted by Crippen LogP contribution is -2.37. The number of nitrogens with one attached hydrogen (secondary N) is 2. The molecule has 3 fully saturated rings. The third kappa shape index (κ3) is 9.77. The summed E-state index contributed by atoms with van der Waals surface area (Å²) < 4.78 is 47.6. The first-order valence-electron chi connectivity index (χ1n) is 25.3. The minimum Gasteiger partial charge on any atom is -0.432 e. The smallest absolute Gasteiger partial charge is 0.229 e. The van der Waals surface area contributed by atoms with Crippen molar-refractivity contribution in [3.63, 3.8) is 0 Å². The zero-order chi connectivity index (χ0) is 50.3. The van der Waals surface area contributed by atoms with E-state index in [-0.39, 0.29) is 11.5 Å². The summed E-state index contributed by atoms with van der Waals surface area (Å²) in [7, 11) is -1.11. The Hall–Kier alpha value is -6.68. The summed E-state index contributed by atoms with van der Waals surface area (Å²) in [5, 5.41) is 3.93. The van der Waals surface area contributed by atoms with Crippen LogP contribution in [0.4, 0.5) is 11.6 Å². The van der Waals surface area contributed by atoms with Gasteiger partial charge in [-0.15, -0.1) is 0 Å². The molecule has 18 nitrogen and oxygen atoms in total. The summed E-state index contributed by atoms with van der Waals surface area (Å²) in [4.78, 5) is 45.1. The van der Waals surface area contributed by atoms with Crippen molar-refractivity contribution in [1.82, 2.24) is 49.7 Å². The summed E-state index contributed by atoms with van der Waals surface area (Å²) in [5.74, 6) is 5.54. The number of pyridine rings is 2. The molecule has 2 N–H and O–H groups in total. The Bertz CT molecular complexity index is 3780. The number of fused-ring (bicyclic) bond motifs is 8. The van der Waals surface area contributed by atoms with Gasteiger partial charge in [0.15, 0.2) is 44.3 Å². The molecule has 382 valence electrons. The van der Waals surface area contributed by atoms with E-state index in [1.165, 1.54) is 17.1 Å². The van der Waals surface area contributed by atoms with Crippen molar-refractivity contribution in [3.8, 4) is 22.8 Å². The third-order valence-corrected chi connectivity index (χ3v) is 16.7. The minimum atomic E-state index is -3.02. The molecule has 2 aromatic carbocycles. The molecule has 0 atom stereocenters. The first-order chi connectivity index (χ1) is 36.1. The molecule has 0 radical (unpaired) electrons. The van der Waals surface area contributed by atoms with Gasteiger partial charge in [-0.2, -0.15) is 11.8 Å². The maximum atomic E-state index is 11.9. The number of benzene rings is 2. The van der Waals surface area contributed by atoms with E-state index < -0.39 is 9.84 Å². The van der Waals surface area contributed by atoms with Crippen LogP contribution in [-0.2, 0) is 32.4 Å². The van der Waals surface area contributed by atoms with E-state index in [9.17, 15) is 8.42 Å². The van der Waals surface area contributed by atoms with Crippen LogP contribution in [0.3, 0.4) is 0 Å². The van der Waals surface area contributed by atoms with Gasteiger partial charge in [0.1, 0.15) is 11.0 Å². The Morgan fingerprint density at radius 2 is 1.27 bits per heavy atom. The van der Waals surface area contributed by atoms with E-state index in [2.05, 4.69) is 66.9 Å². The average Bonchev–Trinajstić information content (AvgIpc) is 4.24. The fraction of sp³-hybridized carbons (Fsp3) is 0.370. The second kappa shape index (κ2) is 20.6. The van der Waals surface area contributed by atoms with Crippen LogP contribution in [0.15, 0.2) is 88.1 Å². The van der Waals surface area contributed by atoms with Gasteiger partial charge in [0.2, 0.25) is 11.4 Å². The highest BCUT2D eigenvalue weighted by atomic mass is 32.2. The molecule has 10 aromatic rings. The first-order valence-corrected chi connectivity index (χ1v) is 28.3. The first kappa shape index (κ1) is 48.3. The molecule has 11 heterocycles. The van der Waals surface area contributed by atoms with Gasteiger partial charge < -0.3 is 43.0 Å². The average molecular weight is 1040 g/mol. The van der Waals surface area contributed by atoms with Gasteiger partial charge in [-0.25, -0.2) is 38.3 Å². The highest BCUT2D eigenvalue weighted by Gasteiger charge is 2.27. The molecule has 20 heteroatoms. The van der Waals surface area contributed by atoms with E-state index in [0.29, 0.717) is 92.4 Å². The molecule has 74 heavy (non-hydrogen) atoms. The number of aromatic amines is 2. The van der Waals surface area contributed by atoms with Crippen LogP contribution in [-0.4, -0.2) is 160 Å². The Morgan fingerprint density at radius 3 is 1.89 bits per heavy atom. The molecular formula is C54H58N12O6S2. The van der Waals surface area contributed by atoms with Crippen molar-refractivity contribution in [2.75, 3.05) is 112 Å². The van der Waals surface area contributed by atoms with Crippen molar-refractivity contribution >= 4 is 99.4 Å². The van der Waals surface area contributed by atoms with Crippen molar-refractivity contribution in [3.05, 3.63) is 96.1 Å². The van der Waals surface area contributed by atoms with Crippen LogP contribution >= 0.6 is 11.8 Å². The van der Waals surface area contributed by atoms with Gasteiger partial charge in [-0.1, -0.05) is 31.2 Å². The van der Waals surface area contributed by atoms with Gasteiger partial charge in [0, 0.05) is 133 Å². The van der Waals surface area contributed by atoms with Crippen LogP contribution in [0.5, 0.6) is 0 Å². The number of rotatable bonds is 12. The quantitative estimate of drug-likeness (QED) is 0.118.